The zero-order valence-electron chi connectivity index (χ0n) is 8.27. The summed E-state index contributed by atoms with van der Waals surface area (Å²) in [5.41, 5.74) is 5.94. The number of hydrogen-bond donors (Lipinski definition) is 1. The first kappa shape index (κ1) is 15.4. The van der Waals surface area contributed by atoms with Crippen LogP contribution in [0.25, 0.3) is 0 Å². The first-order valence-electron chi connectivity index (χ1n) is 4.08. The molecule has 14 heavy (non-hydrogen) atoms. The van der Waals surface area contributed by atoms with Crippen molar-refractivity contribution in [2.24, 2.45) is 5.73 Å². The Morgan fingerprint density at radius 3 is 2.14 bits per heavy atom. The van der Waals surface area contributed by atoms with Crippen LogP contribution in [0.3, 0.4) is 0 Å². The smallest absolute Gasteiger partial charge is 0.327 e. The summed E-state index contributed by atoms with van der Waals surface area (Å²) in [5.74, 6) is 0. The molecule has 0 fully saturated rings. The van der Waals surface area contributed by atoms with E-state index in [-0.39, 0.29) is 6.54 Å². The van der Waals surface area contributed by atoms with Gasteiger partial charge in [-0.3, -0.25) is 0 Å². The predicted molar refractivity (Wildman–Crippen MR) is 53.9 cm³/mol. The van der Waals surface area contributed by atoms with Crippen LogP contribution in [-0.2, 0) is 0 Å². The van der Waals surface area contributed by atoms with Crippen molar-refractivity contribution in [1.82, 2.24) is 0 Å². The number of alkyl halides is 3. The normalized spacial score (nSPS) is 12.5. The van der Waals surface area contributed by atoms with Crippen LogP contribution in [-0.4, -0.2) is 12.7 Å². The molecule has 0 spiro atoms. The molecule has 0 rings (SSSR count). The van der Waals surface area contributed by atoms with Crippen LogP contribution in [0.2, 0.25) is 0 Å². The number of hydrogen-bond acceptors (Lipinski definition) is 1. The van der Waals surface area contributed by atoms with Crippen molar-refractivity contribution in [3.63, 3.8) is 0 Å². The Bertz CT molecular complexity index is 192. The molecule has 0 bridgehead atoms. The quantitative estimate of drug-likeness (QED) is 0.558. The fourth-order valence-electron chi connectivity index (χ4n) is 0.626. The molecule has 82 valence electrons. The molecule has 0 aromatic carbocycles. The van der Waals surface area contributed by atoms with Gasteiger partial charge in [-0.25, -0.2) is 0 Å². The van der Waals surface area contributed by atoms with Crippen molar-refractivity contribution in [2.45, 2.75) is 19.5 Å². The van der Waals surface area contributed by atoms with Crippen LogP contribution >= 0.6 is 0 Å². The van der Waals surface area contributed by atoms with Gasteiger partial charge in [0.2, 0.25) is 0 Å². The van der Waals surface area contributed by atoms with Gasteiger partial charge in [-0.1, -0.05) is 18.2 Å². The average Bonchev–Trinajstić information content (AvgIpc) is 2.14. The standard InChI is InChI=1S/C8H12F3N.C2H4/c1-2-7(6-12)4-3-5-8(9,10)11;1-2/h2-4H,5-6,12H2,1H3;1-2H2/b4-3-,7-2+;. The van der Waals surface area contributed by atoms with Gasteiger partial charge in [0.05, 0.1) is 6.42 Å². The molecular formula is C10H16F3N. The lowest BCUT2D eigenvalue weighted by molar-refractivity contribution is -0.125. The highest BCUT2D eigenvalue weighted by Gasteiger charge is 2.24. The van der Waals surface area contributed by atoms with E-state index < -0.39 is 12.6 Å². The lowest BCUT2D eigenvalue weighted by Crippen LogP contribution is -2.05. The second-order valence-corrected chi connectivity index (χ2v) is 2.29. The highest BCUT2D eigenvalue weighted by Crippen LogP contribution is 2.19. The Morgan fingerprint density at radius 2 is 1.86 bits per heavy atom. The van der Waals surface area contributed by atoms with Gasteiger partial charge in [-0.15, -0.1) is 13.2 Å². The number of rotatable bonds is 3. The molecule has 0 aliphatic heterocycles. The Morgan fingerprint density at radius 1 is 1.36 bits per heavy atom. The maximum Gasteiger partial charge on any atom is 0.392 e. The van der Waals surface area contributed by atoms with Crippen molar-refractivity contribution in [1.29, 1.82) is 0 Å². The first-order valence-corrected chi connectivity index (χ1v) is 4.08. The minimum atomic E-state index is -4.12. The van der Waals surface area contributed by atoms with Crippen molar-refractivity contribution in [3.8, 4) is 0 Å². The maximum atomic E-state index is 11.6. The zero-order valence-corrected chi connectivity index (χ0v) is 8.27. The fraction of sp³-hybridized carbons (Fsp3) is 0.400. The monoisotopic (exact) mass is 207 g/mol. The van der Waals surface area contributed by atoms with E-state index in [4.69, 9.17) is 5.73 Å². The molecule has 0 saturated heterocycles. The lowest BCUT2D eigenvalue weighted by Gasteiger charge is -2.00. The Labute approximate surface area is 82.8 Å². The Balaban J connectivity index is 0. The average molecular weight is 207 g/mol. The zero-order chi connectivity index (χ0) is 11.6. The van der Waals surface area contributed by atoms with Gasteiger partial charge in [-0.2, -0.15) is 13.2 Å². The molecule has 0 aliphatic rings. The van der Waals surface area contributed by atoms with Crippen molar-refractivity contribution >= 4 is 0 Å². The summed E-state index contributed by atoms with van der Waals surface area (Å²) in [4.78, 5) is 0. The van der Waals surface area contributed by atoms with Crippen molar-refractivity contribution in [3.05, 3.63) is 37.0 Å². The molecule has 0 aliphatic carbocycles. The van der Waals surface area contributed by atoms with Gasteiger partial charge in [0, 0.05) is 6.54 Å². The highest BCUT2D eigenvalue weighted by molar-refractivity contribution is 5.18. The lowest BCUT2D eigenvalue weighted by atomic mass is 10.2. The first-order chi connectivity index (χ1) is 6.49. The molecule has 0 atom stereocenters. The third-order valence-corrected chi connectivity index (χ3v) is 1.29. The van der Waals surface area contributed by atoms with E-state index in [2.05, 4.69) is 13.2 Å². The summed E-state index contributed by atoms with van der Waals surface area (Å²) in [7, 11) is 0. The van der Waals surface area contributed by atoms with E-state index in [1.165, 1.54) is 6.08 Å². The SMILES string of the molecule is C/C=C(\C=C/CC(F)(F)F)CN.C=C. The van der Waals surface area contributed by atoms with E-state index >= 15 is 0 Å². The van der Waals surface area contributed by atoms with E-state index in [0.717, 1.165) is 6.08 Å². The number of halogens is 3. The molecule has 4 heteroatoms. The van der Waals surface area contributed by atoms with Crippen LogP contribution in [0, 0.1) is 0 Å². The van der Waals surface area contributed by atoms with E-state index in [1.54, 1.807) is 13.0 Å². The summed E-state index contributed by atoms with van der Waals surface area (Å²) in [6.45, 7) is 8.00. The summed E-state index contributed by atoms with van der Waals surface area (Å²) in [6, 6.07) is 0. The second-order valence-electron chi connectivity index (χ2n) is 2.29. The van der Waals surface area contributed by atoms with E-state index in [9.17, 15) is 13.2 Å². The minimum Gasteiger partial charge on any atom is -0.327 e. The van der Waals surface area contributed by atoms with Crippen LogP contribution in [0.15, 0.2) is 37.0 Å². The molecule has 0 saturated carbocycles. The van der Waals surface area contributed by atoms with Gasteiger partial charge in [0.15, 0.2) is 0 Å². The van der Waals surface area contributed by atoms with Gasteiger partial charge >= 0.3 is 6.18 Å². The van der Waals surface area contributed by atoms with Gasteiger partial charge < -0.3 is 5.73 Å². The molecule has 2 N–H and O–H groups in total. The molecule has 0 radical (unpaired) electrons. The molecule has 0 aromatic rings. The third-order valence-electron chi connectivity index (χ3n) is 1.29. The largest absolute Gasteiger partial charge is 0.392 e. The minimum absolute atomic E-state index is 0.269. The Hall–Kier alpha value is -1.03. The summed E-state index contributed by atoms with van der Waals surface area (Å²) < 4.78 is 34.8. The fourth-order valence-corrected chi connectivity index (χ4v) is 0.626. The highest BCUT2D eigenvalue weighted by atomic mass is 19.4. The second kappa shape index (κ2) is 8.56. The molecule has 0 amide bonds. The van der Waals surface area contributed by atoms with Crippen LogP contribution in [0.5, 0.6) is 0 Å². The van der Waals surface area contributed by atoms with Crippen LogP contribution in [0.1, 0.15) is 13.3 Å². The van der Waals surface area contributed by atoms with Crippen molar-refractivity contribution < 1.29 is 13.2 Å². The molecule has 0 unspecified atom stereocenters. The molecule has 0 heterocycles. The van der Waals surface area contributed by atoms with Crippen molar-refractivity contribution in [2.75, 3.05) is 6.54 Å². The van der Waals surface area contributed by atoms with Crippen LogP contribution < -0.4 is 5.73 Å². The molecule has 0 aromatic heterocycles. The topological polar surface area (TPSA) is 26.0 Å². The van der Waals surface area contributed by atoms with E-state index in [1.807, 2.05) is 0 Å². The van der Waals surface area contributed by atoms with Gasteiger partial charge in [0.1, 0.15) is 0 Å². The molecule has 1 nitrogen and oxygen atoms in total. The van der Waals surface area contributed by atoms with Gasteiger partial charge in [-0.05, 0) is 12.5 Å². The van der Waals surface area contributed by atoms with Crippen LogP contribution in [0.4, 0.5) is 13.2 Å². The predicted octanol–water partition coefficient (Wildman–Crippen LogP) is 3.20. The summed E-state index contributed by atoms with van der Waals surface area (Å²) in [6.07, 6.45) is -0.864. The Kier molecular flexibility index (Phi) is 9.45. The van der Waals surface area contributed by atoms with E-state index in [0.29, 0.717) is 5.57 Å². The number of allylic oxidation sites excluding steroid dienone is 2. The van der Waals surface area contributed by atoms with Gasteiger partial charge in [0.25, 0.3) is 0 Å². The maximum absolute atomic E-state index is 11.6. The summed E-state index contributed by atoms with van der Waals surface area (Å²) >= 11 is 0. The summed E-state index contributed by atoms with van der Waals surface area (Å²) in [5, 5.41) is 0. The molecular weight excluding hydrogens is 191 g/mol. The third kappa shape index (κ3) is 11.0. The number of nitrogens with two attached hydrogens (primary N) is 1.